The molecule has 8 heteroatoms. The zero-order valence-electron chi connectivity index (χ0n) is 15.7. The number of aromatic amines is 1. The molecule has 26 heavy (non-hydrogen) atoms. The zero-order valence-corrected chi connectivity index (χ0v) is 16.5. The zero-order chi connectivity index (χ0) is 19.1. The van der Waals surface area contributed by atoms with Crippen molar-refractivity contribution in [2.75, 3.05) is 33.2 Å². The molecule has 7 nitrogen and oxygen atoms in total. The Morgan fingerprint density at radius 2 is 1.81 bits per heavy atom. The van der Waals surface area contributed by atoms with Crippen LogP contribution in [-0.4, -0.2) is 72.3 Å². The third kappa shape index (κ3) is 3.49. The van der Waals surface area contributed by atoms with Crippen molar-refractivity contribution in [3.63, 3.8) is 0 Å². The molecule has 2 heterocycles. The summed E-state index contributed by atoms with van der Waals surface area (Å²) in [6, 6.07) is 5.25. The summed E-state index contributed by atoms with van der Waals surface area (Å²) in [5, 5.41) is 13.4. The summed E-state index contributed by atoms with van der Waals surface area (Å²) in [6.07, 6.45) is 3.14. The SMILES string of the molecule is CN1CCN(S(=O)(=O)c2ccc3cc[nH]c3c2/C=[N+](\[O-])C(C)(C)C)CC1. The van der Waals surface area contributed by atoms with Gasteiger partial charge >= 0.3 is 0 Å². The molecule has 1 N–H and O–H groups in total. The molecule has 0 unspecified atom stereocenters. The van der Waals surface area contributed by atoms with E-state index in [4.69, 9.17) is 0 Å². The number of piperazine rings is 1. The largest absolute Gasteiger partial charge is 0.623 e. The molecule has 0 radical (unpaired) electrons. The van der Waals surface area contributed by atoms with E-state index in [0.717, 1.165) is 10.1 Å². The number of likely N-dealkylation sites (N-methyl/N-ethyl adjacent to an activating group) is 1. The predicted octanol–water partition coefficient (Wildman–Crippen LogP) is 1.83. The number of hydrogen-bond acceptors (Lipinski definition) is 4. The number of nitrogens with one attached hydrogen (secondary N) is 1. The van der Waals surface area contributed by atoms with Gasteiger partial charge in [-0.05, 0) is 19.2 Å². The van der Waals surface area contributed by atoms with Gasteiger partial charge in [-0.2, -0.15) is 4.31 Å². The number of sulfonamides is 1. The van der Waals surface area contributed by atoms with Gasteiger partial charge in [0.1, 0.15) is 0 Å². The van der Waals surface area contributed by atoms with Crippen LogP contribution in [0, 0.1) is 5.21 Å². The number of rotatable bonds is 3. The maximum absolute atomic E-state index is 13.3. The Kier molecular flexibility index (Phi) is 4.85. The Morgan fingerprint density at radius 1 is 1.15 bits per heavy atom. The number of hydroxylamine groups is 1. The van der Waals surface area contributed by atoms with Gasteiger partial charge in [0.2, 0.25) is 10.0 Å². The molecule has 1 saturated heterocycles. The summed E-state index contributed by atoms with van der Waals surface area (Å²) in [4.78, 5) is 5.35. The number of aromatic nitrogens is 1. The molecule has 0 aliphatic carbocycles. The lowest BCUT2D eigenvalue weighted by Gasteiger charge is -2.31. The summed E-state index contributed by atoms with van der Waals surface area (Å²) in [5.74, 6) is 0. The van der Waals surface area contributed by atoms with E-state index in [-0.39, 0.29) is 4.90 Å². The fourth-order valence-electron chi connectivity index (χ4n) is 2.96. The summed E-state index contributed by atoms with van der Waals surface area (Å²) in [6.45, 7) is 7.65. The van der Waals surface area contributed by atoms with Crippen molar-refractivity contribution in [1.82, 2.24) is 14.2 Å². The lowest BCUT2D eigenvalue weighted by Crippen LogP contribution is -2.47. The number of nitrogens with zero attached hydrogens (tertiary/aromatic N) is 3. The topological polar surface area (TPSA) is 82.5 Å². The highest BCUT2D eigenvalue weighted by atomic mass is 32.2. The van der Waals surface area contributed by atoms with Crippen molar-refractivity contribution in [3.05, 3.63) is 35.2 Å². The summed E-state index contributed by atoms with van der Waals surface area (Å²) in [5.41, 5.74) is 0.408. The minimum absolute atomic E-state index is 0.169. The maximum Gasteiger partial charge on any atom is 0.244 e. The van der Waals surface area contributed by atoms with E-state index in [0.29, 0.717) is 37.3 Å². The van der Waals surface area contributed by atoms with Crippen LogP contribution in [0.2, 0.25) is 0 Å². The smallest absolute Gasteiger partial charge is 0.244 e. The van der Waals surface area contributed by atoms with Crippen LogP contribution >= 0.6 is 0 Å². The average Bonchev–Trinajstić information content (AvgIpc) is 3.03. The molecule has 0 saturated carbocycles. The molecule has 1 aromatic carbocycles. The van der Waals surface area contributed by atoms with Gasteiger partial charge in [-0.3, -0.25) is 0 Å². The summed E-state index contributed by atoms with van der Waals surface area (Å²) in [7, 11) is -1.71. The monoisotopic (exact) mass is 378 g/mol. The predicted molar refractivity (Wildman–Crippen MR) is 103 cm³/mol. The van der Waals surface area contributed by atoms with Gasteiger partial charge in [0, 0.05) is 58.5 Å². The van der Waals surface area contributed by atoms with Gasteiger partial charge in [-0.1, -0.05) is 6.07 Å². The van der Waals surface area contributed by atoms with Gasteiger partial charge in [0.25, 0.3) is 0 Å². The van der Waals surface area contributed by atoms with Crippen LogP contribution in [-0.2, 0) is 10.0 Å². The van der Waals surface area contributed by atoms with Crippen LogP contribution in [0.5, 0.6) is 0 Å². The van der Waals surface area contributed by atoms with E-state index in [9.17, 15) is 13.6 Å². The van der Waals surface area contributed by atoms with E-state index in [2.05, 4.69) is 9.88 Å². The summed E-state index contributed by atoms with van der Waals surface area (Å²) < 4.78 is 28.8. The van der Waals surface area contributed by atoms with Crippen LogP contribution in [0.1, 0.15) is 26.3 Å². The summed E-state index contributed by atoms with van der Waals surface area (Å²) >= 11 is 0. The fourth-order valence-corrected chi connectivity index (χ4v) is 4.56. The molecule has 0 bridgehead atoms. The highest BCUT2D eigenvalue weighted by molar-refractivity contribution is 7.89. The Balaban J connectivity index is 2.15. The van der Waals surface area contributed by atoms with E-state index in [1.165, 1.54) is 10.5 Å². The normalized spacial score (nSPS) is 18.5. The minimum Gasteiger partial charge on any atom is -0.623 e. The van der Waals surface area contributed by atoms with Crippen LogP contribution in [0.3, 0.4) is 0 Å². The molecule has 1 aliphatic heterocycles. The maximum atomic E-state index is 13.3. The van der Waals surface area contributed by atoms with E-state index in [1.807, 2.05) is 13.1 Å². The number of H-pyrrole nitrogens is 1. The standard InChI is InChI=1S/C18H26N4O3S/c1-18(2,3)22(23)13-15-16(6-5-14-7-8-19-17(14)15)26(24,25)21-11-9-20(4)10-12-21/h5-8,13,19H,9-12H2,1-4H3/b22-13-. The fraction of sp³-hybridized carbons (Fsp3) is 0.500. The second kappa shape index (κ2) is 6.68. The third-order valence-corrected chi connectivity index (χ3v) is 6.67. The van der Waals surface area contributed by atoms with Crippen LogP contribution in [0.15, 0.2) is 29.3 Å². The van der Waals surface area contributed by atoms with Crippen molar-refractivity contribution in [2.45, 2.75) is 31.2 Å². The average molecular weight is 378 g/mol. The first kappa shape index (κ1) is 18.9. The molecule has 0 atom stereocenters. The molecular formula is C18H26N4O3S. The van der Waals surface area contributed by atoms with Crippen LogP contribution < -0.4 is 0 Å². The second-order valence-electron chi connectivity index (χ2n) is 7.75. The highest BCUT2D eigenvalue weighted by Crippen LogP contribution is 2.27. The van der Waals surface area contributed by atoms with Crippen LogP contribution in [0.25, 0.3) is 10.9 Å². The highest BCUT2D eigenvalue weighted by Gasteiger charge is 2.31. The molecular weight excluding hydrogens is 352 g/mol. The molecule has 142 valence electrons. The molecule has 2 aromatic rings. The molecule has 0 amide bonds. The number of hydrogen-bond donors (Lipinski definition) is 1. The van der Waals surface area contributed by atoms with Crippen LogP contribution in [0.4, 0.5) is 0 Å². The number of fused-ring (bicyclic) bond motifs is 1. The van der Waals surface area contributed by atoms with E-state index in [1.54, 1.807) is 39.1 Å². The van der Waals surface area contributed by atoms with E-state index >= 15 is 0 Å². The first-order chi connectivity index (χ1) is 12.1. The molecule has 1 aromatic heterocycles. The second-order valence-corrected chi connectivity index (χ2v) is 9.66. The number of benzene rings is 1. The Bertz CT molecular complexity index is 933. The lowest BCUT2D eigenvalue weighted by atomic mass is 10.1. The van der Waals surface area contributed by atoms with Gasteiger partial charge in [-0.15, -0.1) is 0 Å². The van der Waals surface area contributed by atoms with Crippen molar-refractivity contribution < 1.29 is 13.2 Å². The Morgan fingerprint density at radius 3 is 2.42 bits per heavy atom. The van der Waals surface area contributed by atoms with Gasteiger partial charge < -0.3 is 15.1 Å². The van der Waals surface area contributed by atoms with Crippen molar-refractivity contribution >= 4 is 27.1 Å². The first-order valence-corrected chi connectivity index (χ1v) is 10.1. The minimum atomic E-state index is -3.69. The van der Waals surface area contributed by atoms with Crippen molar-refractivity contribution in [3.8, 4) is 0 Å². The third-order valence-electron chi connectivity index (χ3n) is 4.72. The van der Waals surface area contributed by atoms with Gasteiger partial charge in [0.15, 0.2) is 11.8 Å². The quantitative estimate of drug-likeness (QED) is 0.382. The Labute approximate surface area is 154 Å². The molecule has 1 fully saturated rings. The lowest BCUT2D eigenvalue weighted by molar-refractivity contribution is -0.530. The van der Waals surface area contributed by atoms with Crippen molar-refractivity contribution in [1.29, 1.82) is 0 Å². The van der Waals surface area contributed by atoms with E-state index < -0.39 is 15.6 Å². The molecule has 3 rings (SSSR count). The molecule has 1 aliphatic rings. The first-order valence-electron chi connectivity index (χ1n) is 8.71. The van der Waals surface area contributed by atoms with Gasteiger partial charge in [0.05, 0.1) is 16.0 Å². The van der Waals surface area contributed by atoms with Gasteiger partial charge in [-0.25, -0.2) is 13.2 Å². The Hall–Kier alpha value is -1.90. The molecule has 0 spiro atoms. The van der Waals surface area contributed by atoms with Crippen molar-refractivity contribution in [2.24, 2.45) is 0 Å².